The lowest BCUT2D eigenvalue weighted by molar-refractivity contribution is -0.108. The predicted octanol–water partition coefficient (Wildman–Crippen LogP) is 0.910. The number of aromatic amines is 1. The molecule has 27 heavy (non-hydrogen) atoms. The van der Waals surface area contributed by atoms with Crippen LogP contribution >= 0.6 is 6.72 Å². The molecule has 3 unspecified atom stereocenters. The van der Waals surface area contributed by atoms with Gasteiger partial charge in [0.2, 0.25) is 5.95 Å². The number of rotatable bonds is 10. The minimum Gasteiger partial charge on any atom is -0.382 e. The number of aromatic nitrogens is 4. The van der Waals surface area contributed by atoms with E-state index in [1.54, 1.807) is 11.5 Å². The fourth-order valence-corrected chi connectivity index (χ4v) is 3.51. The summed E-state index contributed by atoms with van der Waals surface area (Å²) in [5.41, 5.74) is 5.64. The molecule has 11 nitrogen and oxygen atoms in total. The van der Waals surface area contributed by atoms with E-state index >= 15 is 0 Å². The standard InChI is InChI=1S/C14H24N5O6PS/c1-5-9(10(6-22-3)25-26(21,27)23-4)24-8(2)19-7-16-11-12(19)17-14(15)18-13(11)20/h7-10H,5-6H2,1-4H3,(H,21,27)(H3,15,17,18,20)/t8?,9-,10?,26?/m0/s1. The molecule has 2 aromatic rings. The van der Waals surface area contributed by atoms with Crippen LogP contribution in [0.4, 0.5) is 5.95 Å². The second-order valence-corrected chi connectivity index (χ2v) is 8.61. The van der Waals surface area contributed by atoms with E-state index in [0.29, 0.717) is 12.1 Å². The molecule has 0 fully saturated rings. The number of imidazole rings is 1. The number of H-pyrrole nitrogens is 1. The lowest BCUT2D eigenvalue weighted by atomic mass is 10.1. The molecule has 2 heterocycles. The molecule has 0 amide bonds. The van der Waals surface area contributed by atoms with Crippen LogP contribution in [0.2, 0.25) is 0 Å². The second kappa shape index (κ2) is 9.20. The molecule has 152 valence electrons. The number of fused-ring (bicyclic) bond motifs is 1. The van der Waals surface area contributed by atoms with Gasteiger partial charge in [-0.3, -0.25) is 14.3 Å². The zero-order chi connectivity index (χ0) is 20.2. The molecule has 0 aromatic carbocycles. The number of hydrogen-bond acceptors (Lipinski definition) is 9. The number of hydrogen-bond donors (Lipinski definition) is 3. The van der Waals surface area contributed by atoms with Crippen LogP contribution in [0, 0.1) is 0 Å². The maximum absolute atomic E-state index is 11.9. The lowest BCUT2D eigenvalue weighted by Gasteiger charge is -2.30. The molecule has 0 saturated heterocycles. The summed E-state index contributed by atoms with van der Waals surface area (Å²) in [6, 6.07) is 0. The van der Waals surface area contributed by atoms with Crippen LogP contribution in [0.15, 0.2) is 11.1 Å². The van der Waals surface area contributed by atoms with Gasteiger partial charge in [-0.2, -0.15) is 4.98 Å². The van der Waals surface area contributed by atoms with E-state index < -0.39 is 30.7 Å². The number of ether oxygens (including phenoxy) is 2. The molecule has 2 aromatic heterocycles. The summed E-state index contributed by atoms with van der Waals surface area (Å²) in [6.07, 6.45) is 0.285. The summed E-state index contributed by atoms with van der Waals surface area (Å²) in [4.78, 5) is 32.5. The quantitative estimate of drug-likeness (QED) is 0.473. The first kappa shape index (κ1) is 21.9. The van der Waals surface area contributed by atoms with E-state index in [9.17, 15) is 9.69 Å². The molecule has 0 saturated carbocycles. The zero-order valence-corrected chi connectivity index (χ0v) is 17.2. The summed E-state index contributed by atoms with van der Waals surface area (Å²) in [5.74, 6) is -0.0184. The molecule has 2 rings (SSSR count). The van der Waals surface area contributed by atoms with Gasteiger partial charge in [-0.05, 0) is 25.2 Å². The maximum Gasteiger partial charge on any atom is 0.324 e. The molecule has 0 spiro atoms. The van der Waals surface area contributed by atoms with Crippen LogP contribution < -0.4 is 11.3 Å². The molecule has 4 N–H and O–H groups in total. The van der Waals surface area contributed by atoms with Gasteiger partial charge < -0.3 is 29.1 Å². The Kier molecular flexibility index (Phi) is 7.46. The van der Waals surface area contributed by atoms with E-state index in [-0.39, 0.29) is 18.1 Å². The smallest absolute Gasteiger partial charge is 0.324 e. The van der Waals surface area contributed by atoms with Gasteiger partial charge in [-0.25, -0.2) is 4.98 Å². The number of methoxy groups -OCH3 is 1. The Labute approximate surface area is 161 Å². The van der Waals surface area contributed by atoms with Crippen molar-refractivity contribution in [1.29, 1.82) is 0 Å². The average molecular weight is 421 g/mol. The number of nitrogens with two attached hydrogens (primary N) is 1. The minimum absolute atomic E-state index is 0.0184. The molecule has 4 atom stereocenters. The first-order chi connectivity index (χ1) is 12.7. The van der Waals surface area contributed by atoms with Crippen molar-refractivity contribution in [1.82, 2.24) is 19.5 Å². The topological polar surface area (TPSA) is 147 Å². The van der Waals surface area contributed by atoms with E-state index in [1.807, 2.05) is 6.92 Å². The Morgan fingerprint density at radius 2 is 2.15 bits per heavy atom. The SMILES string of the molecule is CC[C@H](OC(C)n1cnc2c(=O)[nH]c(N)nc21)C(COC)OP(O)(=S)OC. The van der Waals surface area contributed by atoms with Crippen molar-refractivity contribution in [2.45, 2.75) is 38.7 Å². The van der Waals surface area contributed by atoms with Crippen LogP contribution in [0.1, 0.15) is 26.5 Å². The van der Waals surface area contributed by atoms with Crippen LogP contribution in [0.25, 0.3) is 11.2 Å². The highest BCUT2D eigenvalue weighted by molar-refractivity contribution is 8.07. The van der Waals surface area contributed by atoms with Gasteiger partial charge in [-0.1, -0.05) is 6.92 Å². The van der Waals surface area contributed by atoms with Gasteiger partial charge in [0.25, 0.3) is 5.56 Å². The number of anilines is 1. The third kappa shape index (κ3) is 5.32. The van der Waals surface area contributed by atoms with E-state index in [2.05, 4.69) is 15.0 Å². The summed E-state index contributed by atoms with van der Waals surface area (Å²) < 4.78 is 23.2. The van der Waals surface area contributed by atoms with Crippen LogP contribution in [0.3, 0.4) is 0 Å². The fraction of sp³-hybridized carbons (Fsp3) is 0.643. The minimum atomic E-state index is -3.40. The largest absolute Gasteiger partial charge is 0.382 e. The van der Waals surface area contributed by atoms with Gasteiger partial charge in [0.15, 0.2) is 11.2 Å². The maximum atomic E-state index is 11.9. The Balaban J connectivity index is 2.26. The number of nitrogens with zero attached hydrogens (tertiary/aromatic N) is 3. The third-order valence-corrected chi connectivity index (χ3v) is 5.57. The molecule has 0 bridgehead atoms. The van der Waals surface area contributed by atoms with Crippen molar-refractivity contribution < 1.29 is 23.4 Å². The summed E-state index contributed by atoms with van der Waals surface area (Å²) >= 11 is 4.92. The van der Waals surface area contributed by atoms with Crippen LogP contribution in [-0.2, 0) is 30.3 Å². The molecule has 0 aliphatic carbocycles. The Hall–Kier alpha value is -1.40. The average Bonchev–Trinajstić information content (AvgIpc) is 3.03. The van der Waals surface area contributed by atoms with Gasteiger partial charge >= 0.3 is 6.72 Å². The normalized spacial score (nSPS) is 17.5. The molecule has 0 aliphatic rings. The number of nitrogens with one attached hydrogen (secondary N) is 1. The fourth-order valence-electron chi connectivity index (χ4n) is 2.56. The lowest BCUT2D eigenvalue weighted by Crippen LogP contribution is -2.36. The van der Waals surface area contributed by atoms with Crippen molar-refractivity contribution in [3.63, 3.8) is 0 Å². The van der Waals surface area contributed by atoms with Crippen molar-refractivity contribution >= 4 is 35.6 Å². The van der Waals surface area contributed by atoms with Crippen molar-refractivity contribution in [2.24, 2.45) is 0 Å². The summed E-state index contributed by atoms with van der Waals surface area (Å²) in [7, 11) is 2.78. The molecular weight excluding hydrogens is 397 g/mol. The number of nitrogen functional groups attached to an aromatic ring is 1. The Morgan fingerprint density at radius 3 is 2.74 bits per heavy atom. The van der Waals surface area contributed by atoms with Gasteiger partial charge in [0, 0.05) is 14.2 Å². The van der Waals surface area contributed by atoms with E-state index in [1.165, 1.54) is 20.5 Å². The van der Waals surface area contributed by atoms with Crippen molar-refractivity contribution in [2.75, 3.05) is 26.6 Å². The molecule has 0 radical (unpaired) electrons. The van der Waals surface area contributed by atoms with Crippen LogP contribution in [-0.4, -0.2) is 57.4 Å². The van der Waals surface area contributed by atoms with Crippen molar-refractivity contribution in [3.8, 4) is 0 Å². The third-order valence-electron chi connectivity index (χ3n) is 3.86. The highest BCUT2D eigenvalue weighted by Crippen LogP contribution is 2.45. The molecule has 13 heteroatoms. The highest BCUT2D eigenvalue weighted by atomic mass is 32.5. The second-order valence-electron chi connectivity index (χ2n) is 5.71. The summed E-state index contributed by atoms with van der Waals surface area (Å²) in [5, 5.41) is 0. The Morgan fingerprint density at radius 1 is 1.44 bits per heavy atom. The van der Waals surface area contributed by atoms with E-state index in [0.717, 1.165) is 0 Å². The Bertz CT molecular complexity index is 873. The van der Waals surface area contributed by atoms with Gasteiger partial charge in [0.1, 0.15) is 12.3 Å². The van der Waals surface area contributed by atoms with Crippen molar-refractivity contribution in [3.05, 3.63) is 16.7 Å². The monoisotopic (exact) mass is 421 g/mol. The first-order valence-electron chi connectivity index (χ1n) is 8.16. The molecule has 0 aliphatic heterocycles. The first-order valence-corrected chi connectivity index (χ1v) is 10.7. The predicted molar refractivity (Wildman–Crippen MR) is 103 cm³/mol. The van der Waals surface area contributed by atoms with Gasteiger partial charge in [0.05, 0.1) is 19.0 Å². The van der Waals surface area contributed by atoms with Crippen LogP contribution in [0.5, 0.6) is 0 Å². The zero-order valence-electron chi connectivity index (χ0n) is 15.5. The highest BCUT2D eigenvalue weighted by Gasteiger charge is 2.30. The van der Waals surface area contributed by atoms with E-state index in [4.69, 9.17) is 36.1 Å². The summed E-state index contributed by atoms with van der Waals surface area (Å²) in [6.45, 7) is 0.395. The molecular formula is C14H24N5O6PS. The van der Waals surface area contributed by atoms with Gasteiger partial charge in [-0.15, -0.1) is 0 Å².